The predicted octanol–water partition coefficient (Wildman–Crippen LogP) is 4.02. The average Bonchev–Trinajstić information content (AvgIpc) is 3.03. The fourth-order valence-electron chi connectivity index (χ4n) is 2.74. The van der Waals surface area contributed by atoms with E-state index in [4.69, 9.17) is 9.47 Å². The molecule has 1 amide bonds. The molecule has 0 bridgehead atoms. The third kappa shape index (κ3) is 5.14. The number of nitrogens with one attached hydrogen (secondary N) is 1. The number of hydrogen-bond acceptors (Lipinski definition) is 7. The van der Waals surface area contributed by atoms with Crippen LogP contribution in [0.4, 0.5) is 10.6 Å². The minimum Gasteiger partial charge on any atom is -0.469 e. The van der Waals surface area contributed by atoms with Crippen LogP contribution in [-0.4, -0.2) is 39.5 Å². The van der Waals surface area contributed by atoms with Crippen LogP contribution in [0.1, 0.15) is 64.8 Å². The van der Waals surface area contributed by atoms with E-state index in [1.165, 1.54) is 7.11 Å². The number of hydrogen-bond donors (Lipinski definition) is 1. The summed E-state index contributed by atoms with van der Waals surface area (Å²) in [6.07, 6.45) is 0.868. The second kappa shape index (κ2) is 8.95. The van der Waals surface area contributed by atoms with Crippen LogP contribution in [-0.2, 0) is 14.3 Å². The second-order valence-electron chi connectivity index (χ2n) is 8.07. The molecule has 1 N–H and O–H groups in total. The van der Waals surface area contributed by atoms with Gasteiger partial charge in [0, 0.05) is 17.8 Å². The molecule has 0 aromatic carbocycles. The highest BCUT2D eigenvalue weighted by Crippen LogP contribution is 2.31. The number of pyridine rings is 1. The van der Waals surface area contributed by atoms with Crippen LogP contribution in [0.15, 0.2) is 18.3 Å². The van der Waals surface area contributed by atoms with Gasteiger partial charge in [0.15, 0.2) is 5.82 Å². The number of aromatic nitrogens is 3. The summed E-state index contributed by atoms with van der Waals surface area (Å²) in [4.78, 5) is 28.3. The lowest BCUT2D eigenvalue weighted by atomic mass is 10.1. The Balaban J connectivity index is 2.45. The number of nitriles is 1. The highest BCUT2D eigenvalue weighted by molar-refractivity contribution is 5.88. The number of anilines is 1. The van der Waals surface area contributed by atoms with E-state index >= 15 is 0 Å². The van der Waals surface area contributed by atoms with E-state index < -0.39 is 17.6 Å². The summed E-state index contributed by atoms with van der Waals surface area (Å²) in [5, 5.41) is 16.9. The van der Waals surface area contributed by atoms with Crippen LogP contribution in [0.3, 0.4) is 0 Å². The number of carbonyl (C=O) groups is 2. The van der Waals surface area contributed by atoms with Gasteiger partial charge in [0.1, 0.15) is 22.9 Å². The van der Waals surface area contributed by atoms with Gasteiger partial charge in [-0.25, -0.2) is 9.48 Å². The van der Waals surface area contributed by atoms with Crippen molar-refractivity contribution < 1.29 is 19.1 Å². The Labute approximate surface area is 176 Å². The highest BCUT2D eigenvalue weighted by Gasteiger charge is 2.25. The summed E-state index contributed by atoms with van der Waals surface area (Å²) in [5.41, 5.74) is 1.02. The van der Waals surface area contributed by atoms with Crippen LogP contribution >= 0.6 is 0 Å². The van der Waals surface area contributed by atoms with Crippen LogP contribution in [0.2, 0.25) is 0 Å². The largest absolute Gasteiger partial charge is 0.469 e. The molecule has 1 unspecified atom stereocenters. The number of carbonyl (C=O) groups excluding carboxylic acids is 2. The zero-order chi connectivity index (χ0) is 22.6. The van der Waals surface area contributed by atoms with Crippen LogP contribution in [0.25, 0.3) is 11.3 Å². The molecule has 0 aliphatic carbocycles. The normalized spacial score (nSPS) is 12.2. The Kier molecular flexibility index (Phi) is 6.82. The molecule has 2 aromatic rings. The minimum absolute atomic E-state index is 0.123. The highest BCUT2D eigenvalue weighted by atomic mass is 16.6. The standard InChI is InChI=1S/C21H27N5O4/c1-12(2)26-18(24-20(28)30-21(4,5)6)15(10-22)17(25-26)14-8-9-16(23-11-14)13(3)19(27)29-7/h8-9,11-13H,1-7H3,(H,24,28). The van der Waals surface area contributed by atoms with E-state index in [9.17, 15) is 14.9 Å². The lowest BCUT2D eigenvalue weighted by Crippen LogP contribution is -2.28. The molecule has 30 heavy (non-hydrogen) atoms. The van der Waals surface area contributed by atoms with Crippen molar-refractivity contribution in [2.45, 2.75) is 59.1 Å². The van der Waals surface area contributed by atoms with Gasteiger partial charge in [0.25, 0.3) is 0 Å². The molecular weight excluding hydrogens is 386 g/mol. The van der Waals surface area contributed by atoms with E-state index in [-0.39, 0.29) is 23.4 Å². The number of amides is 1. The molecule has 0 fully saturated rings. The number of ether oxygens (including phenoxy) is 2. The Morgan fingerprint density at radius 3 is 2.37 bits per heavy atom. The molecule has 160 valence electrons. The number of esters is 1. The molecule has 0 saturated carbocycles. The van der Waals surface area contributed by atoms with Gasteiger partial charge >= 0.3 is 12.1 Å². The van der Waals surface area contributed by atoms with E-state index in [1.807, 2.05) is 13.8 Å². The Morgan fingerprint density at radius 1 is 1.23 bits per heavy atom. The molecule has 2 heterocycles. The third-order valence-corrected chi connectivity index (χ3v) is 4.19. The summed E-state index contributed by atoms with van der Waals surface area (Å²) >= 11 is 0. The Hall–Kier alpha value is -3.41. The maximum absolute atomic E-state index is 12.3. The zero-order valence-corrected chi connectivity index (χ0v) is 18.3. The van der Waals surface area contributed by atoms with Crippen molar-refractivity contribution >= 4 is 17.9 Å². The molecule has 2 aromatic heterocycles. The average molecular weight is 413 g/mol. The predicted molar refractivity (Wildman–Crippen MR) is 111 cm³/mol. The van der Waals surface area contributed by atoms with Crippen molar-refractivity contribution in [3.05, 3.63) is 29.6 Å². The lowest BCUT2D eigenvalue weighted by Gasteiger charge is -2.20. The summed E-state index contributed by atoms with van der Waals surface area (Å²) in [5.74, 6) is -0.651. The lowest BCUT2D eigenvalue weighted by molar-refractivity contribution is -0.142. The molecule has 0 aliphatic rings. The van der Waals surface area contributed by atoms with E-state index in [1.54, 1.807) is 50.7 Å². The molecule has 1 atom stereocenters. The van der Waals surface area contributed by atoms with Gasteiger partial charge in [-0.15, -0.1) is 0 Å². The Morgan fingerprint density at radius 2 is 1.90 bits per heavy atom. The molecule has 9 heteroatoms. The van der Waals surface area contributed by atoms with E-state index in [0.717, 1.165) is 0 Å². The molecule has 0 spiro atoms. The third-order valence-electron chi connectivity index (χ3n) is 4.19. The Bertz CT molecular complexity index is 965. The molecule has 0 radical (unpaired) electrons. The maximum Gasteiger partial charge on any atom is 0.413 e. The second-order valence-corrected chi connectivity index (χ2v) is 8.07. The SMILES string of the molecule is COC(=O)C(C)c1ccc(-c2nn(C(C)C)c(NC(=O)OC(C)(C)C)c2C#N)cn1. The van der Waals surface area contributed by atoms with Gasteiger partial charge in [-0.1, -0.05) is 0 Å². The van der Waals surface area contributed by atoms with Gasteiger partial charge in [0.05, 0.1) is 18.7 Å². The van der Waals surface area contributed by atoms with Gasteiger partial charge in [-0.05, 0) is 53.7 Å². The van der Waals surface area contributed by atoms with Crippen LogP contribution in [0, 0.1) is 11.3 Å². The van der Waals surface area contributed by atoms with Crippen molar-refractivity contribution in [3.8, 4) is 17.3 Å². The summed E-state index contributed by atoms with van der Waals surface area (Å²) in [6, 6.07) is 5.41. The van der Waals surface area contributed by atoms with Gasteiger partial charge < -0.3 is 9.47 Å². The first-order valence-electron chi connectivity index (χ1n) is 9.55. The topological polar surface area (TPSA) is 119 Å². The summed E-state index contributed by atoms with van der Waals surface area (Å²) in [6.45, 7) is 10.7. The molecule has 0 saturated heterocycles. The maximum atomic E-state index is 12.3. The van der Waals surface area contributed by atoms with Crippen LogP contribution in [0.5, 0.6) is 0 Å². The number of nitrogens with zero attached hydrogens (tertiary/aromatic N) is 4. The fraction of sp³-hybridized carbons (Fsp3) is 0.476. The monoisotopic (exact) mass is 413 g/mol. The zero-order valence-electron chi connectivity index (χ0n) is 18.3. The quantitative estimate of drug-likeness (QED) is 0.735. The van der Waals surface area contributed by atoms with Crippen molar-refractivity contribution in [2.24, 2.45) is 0 Å². The van der Waals surface area contributed by atoms with E-state index in [0.29, 0.717) is 17.0 Å². The summed E-state index contributed by atoms with van der Waals surface area (Å²) in [7, 11) is 1.32. The van der Waals surface area contributed by atoms with Gasteiger partial charge in [-0.2, -0.15) is 10.4 Å². The molecular formula is C21H27N5O4. The van der Waals surface area contributed by atoms with Gasteiger partial charge in [-0.3, -0.25) is 15.1 Å². The summed E-state index contributed by atoms with van der Waals surface area (Å²) < 4.78 is 11.6. The van der Waals surface area contributed by atoms with E-state index in [2.05, 4.69) is 21.5 Å². The van der Waals surface area contributed by atoms with Crippen molar-refractivity contribution in [1.29, 1.82) is 5.26 Å². The first-order chi connectivity index (χ1) is 14.0. The first-order valence-corrected chi connectivity index (χ1v) is 9.55. The minimum atomic E-state index is -0.682. The number of rotatable bonds is 5. The molecule has 0 aliphatic heterocycles. The van der Waals surface area contributed by atoms with Crippen LogP contribution < -0.4 is 5.32 Å². The fourth-order valence-corrected chi connectivity index (χ4v) is 2.74. The van der Waals surface area contributed by atoms with Gasteiger partial charge in [0.2, 0.25) is 0 Å². The molecule has 9 nitrogen and oxygen atoms in total. The first kappa shape index (κ1) is 22.9. The number of methoxy groups -OCH3 is 1. The van der Waals surface area contributed by atoms with Crippen molar-refractivity contribution in [2.75, 3.05) is 12.4 Å². The van der Waals surface area contributed by atoms with Crippen molar-refractivity contribution in [1.82, 2.24) is 14.8 Å². The smallest absolute Gasteiger partial charge is 0.413 e. The molecule has 2 rings (SSSR count). The van der Waals surface area contributed by atoms with Crippen molar-refractivity contribution in [3.63, 3.8) is 0 Å².